The number of aliphatic hydroxyl groups is 1. The number of aliphatic hydroxyl groups excluding tert-OH is 1. The molecule has 0 saturated carbocycles. The predicted molar refractivity (Wildman–Crippen MR) is 146 cm³/mol. The van der Waals surface area contributed by atoms with Gasteiger partial charge in [0.15, 0.2) is 0 Å². The quantitative estimate of drug-likeness (QED) is 0.159. The van der Waals surface area contributed by atoms with Crippen LogP contribution in [0.15, 0.2) is 54.1 Å². The van der Waals surface area contributed by atoms with Crippen LogP contribution in [0, 0.1) is 0 Å². The third-order valence-electron chi connectivity index (χ3n) is 6.72. The maximum atomic E-state index is 13.3. The van der Waals surface area contributed by atoms with Gasteiger partial charge in [-0.15, -0.1) is 0 Å². The minimum absolute atomic E-state index is 0.0924. The summed E-state index contributed by atoms with van der Waals surface area (Å²) >= 11 is 0. The molecule has 1 aliphatic heterocycles. The molecule has 0 aromatic heterocycles. The van der Waals surface area contributed by atoms with E-state index in [4.69, 9.17) is 9.47 Å². The summed E-state index contributed by atoms with van der Waals surface area (Å²) in [5.74, 6) is -0.147. The molecule has 37 heavy (non-hydrogen) atoms. The molecule has 1 N–H and O–H groups in total. The van der Waals surface area contributed by atoms with Crippen LogP contribution in [0.2, 0.25) is 0 Å². The van der Waals surface area contributed by atoms with Gasteiger partial charge in [0.2, 0.25) is 0 Å². The Labute approximate surface area is 220 Å². The average molecular weight is 509 g/mol. The van der Waals surface area contributed by atoms with Crippen molar-refractivity contribution in [1.29, 1.82) is 0 Å². The van der Waals surface area contributed by atoms with Crippen molar-refractivity contribution in [3.63, 3.8) is 0 Å². The number of carbonyl (C=O) groups excluding carboxylic acids is 2. The van der Waals surface area contributed by atoms with Gasteiger partial charge in [0, 0.05) is 18.7 Å². The van der Waals surface area contributed by atoms with E-state index in [9.17, 15) is 14.7 Å². The van der Waals surface area contributed by atoms with E-state index in [0.717, 1.165) is 43.7 Å². The Morgan fingerprint density at radius 2 is 1.68 bits per heavy atom. The highest BCUT2D eigenvalue weighted by Crippen LogP contribution is 2.40. The lowest BCUT2D eigenvalue weighted by Crippen LogP contribution is -2.38. The monoisotopic (exact) mass is 508 g/mol. The van der Waals surface area contributed by atoms with Crippen LogP contribution in [0.3, 0.4) is 0 Å². The lowest BCUT2D eigenvalue weighted by Gasteiger charge is -2.28. The molecule has 1 aliphatic rings. The van der Waals surface area contributed by atoms with Gasteiger partial charge in [-0.2, -0.15) is 0 Å². The van der Waals surface area contributed by atoms with Crippen LogP contribution in [-0.2, 0) is 9.59 Å². The summed E-state index contributed by atoms with van der Waals surface area (Å²) in [7, 11) is 0. The smallest absolute Gasteiger partial charge is 0.295 e. The molecule has 1 saturated heterocycles. The average Bonchev–Trinajstić information content (AvgIpc) is 3.17. The van der Waals surface area contributed by atoms with Gasteiger partial charge in [-0.25, -0.2) is 0 Å². The Bertz CT molecular complexity index is 1080. The molecule has 1 fully saturated rings. The van der Waals surface area contributed by atoms with Gasteiger partial charge in [0.25, 0.3) is 11.7 Å². The van der Waals surface area contributed by atoms with E-state index < -0.39 is 17.7 Å². The Morgan fingerprint density at radius 1 is 0.946 bits per heavy atom. The maximum Gasteiger partial charge on any atom is 0.295 e. The van der Waals surface area contributed by atoms with Crippen molar-refractivity contribution in [2.24, 2.45) is 0 Å². The standard InChI is InChI=1S/C30H40N2O5/c1-5-9-10-20-37-24-16-14-22(15-17-24)27-26(28(33)23-12-11-13-25(21-23)36-8-4)29(34)30(35)32(27)19-18-31(6-2)7-3/h11-17,21,27,33H,5-10,18-20H2,1-4H3/b28-26+. The third-order valence-corrected chi connectivity index (χ3v) is 6.72. The largest absolute Gasteiger partial charge is 0.507 e. The molecule has 1 unspecified atom stereocenters. The third kappa shape index (κ3) is 6.92. The Morgan fingerprint density at radius 3 is 2.32 bits per heavy atom. The van der Waals surface area contributed by atoms with Crippen LogP contribution in [0.1, 0.15) is 64.1 Å². The molecule has 1 heterocycles. The topological polar surface area (TPSA) is 79.3 Å². The molecule has 200 valence electrons. The number of unbranched alkanes of at least 4 members (excludes halogenated alkanes) is 2. The molecule has 3 rings (SSSR count). The first-order chi connectivity index (χ1) is 17.9. The van der Waals surface area contributed by atoms with Crippen molar-refractivity contribution in [2.75, 3.05) is 39.4 Å². The Kier molecular flexibility index (Phi) is 10.6. The zero-order valence-corrected chi connectivity index (χ0v) is 22.5. The molecule has 0 radical (unpaired) electrons. The van der Waals surface area contributed by atoms with Crippen LogP contribution in [0.5, 0.6) is 11.5 Å². The second kappa shape index (κ2) is 13.8. The second-order valence-corrected chi connectivity index (χ2v) is 9.10. The van der Waals surface area contributed by atoms with Gasteiger partial charge >= 0.3 is 0 Å². The van der Waals surface area contributed by atoms with Gasteiger partial charge in [0.1, 0.15) is 17.3 Å². The lowest BCUT2D eigenvalue weighted by atomic mass is 9.95. The molecule has 1 atom stereocenters. The first-order valence-electron chi connectivity index (χ1n) is 13.4. The van der Waals surface area contributed by atoms with Crippen LogP contribution in [-0.4, -0.2) is 66.0 Å². The van der Waals surface area contributed by atoms with Crippen LogP contribution >= 0.6 is 0 Å². The fourth-order valence-corrected chi connectivity index (χ4v) is 4.59. The molecule has 2 aromatic rings. The second-order valence-electron chi connectivity index (χ2n) is 9.10. The van der Waals surface area contributed by atoms with Gasteiger partial charge in [-0.1, -0.05) is 57.9 Å². The van der Waals surface area contributed by atoms with Crippen molar-refractivity contribution >= 4 is 17.4 Å². The number of Topliss-reactive ketones (excluding diaryl/α,β-unsaturated/α-hetero) is 1. The highest BCUT2D eigenvalue weighted by molar-refractivity contribution is 6.46. The molecular weight excluding hydrogens is 468 g/mol. The molecule has 0 spiro atoms. The number of likely N-dealkylation sites (tertiary alicyclic amines) is 1. The van der Waals surface area contributed by atoms with Gasteiger partial charge < -0.3 is 24.4 Å². The fraction of sp³-hybridized carbons (Fsp3) is 0.467. The normalized spacial score (nSPS) is 17.0. The van der Waals surface area contributed by atoms with Gasteiger partial charge in [-0.05, 0) is 56.3 Å². The number of rotatable bonds is 14. The van der Waals surface area contributed by atoms with E-state index in [1.807, 2.05) is 31.2 Å². The van der Waals surface area contributed by atoms with E-state index in [2.05, 4.69) is 25.7 Å². The minimum atomic E-state index is -0.694. The van der Waals surface area contributed by atoms with Crippen LogP contribution in [0.4, 0.5) is 0 Å². The number of likely N-dealkylation sites (N-methyl/N-ethyl adjacent to an activating group) is 1. The molecule has 2 aromatic carbocycles. The Balaban J connectivity index is 1.99. The maximum absolute atomic E-state index is 13.3. The van der Waals surface area contributed by atoms with Crippen molar-refractivity contribution in [1.82, 2.24) is 9.80 Å². The molecular formula is C30H40N2O5. The molecule has 7 heteroatoms. The summed E-state index contributed by atoms with van der Waals surface area (Å²) in [6.45, 7) is 12.0. The van der Waals surface area contributed by atoms with Crippen LogP contribution < -0.4 is 9.47 Å². The number of ketones is 1. The van der Waals surface area contributed by atoms with Crippen molar-refractivity contribution in [3.8, 4) is 11.5 Å². The SMILES string of the molecule is CCCCCOc1ccc(C2/C(=C(\O)c3cccc(OCC)c3)C(=O)C(=O)N2CCN(CC)CC)cc1. The number of hydrogen-bond acceptors (Lipinski definition) is 6. The highest BCUT2D eigenvalue weighted by Gasteiger charge is 2.46. The number of carbonyl (C=O) groups is 2. The summed E-state index contributed by atoms with van der Waals surface area (Å²) in [6.07, 6.45) is 3.23. The molecule has 0 bridgehead atoms. The van der Waals surface area contributed by atoms with E-state index in [1.165, 1.54) is 0 Å². The van der Waals surface area contributed by atoms with Crippen molar-refractivity contribution in [2.45, 2.75) is 53.0 Å². The highest BCUT2D eigenvalue weighted by atomic mass is 16.5. The first-order valence-corrected chi connectivity index (χ1v) is 13.4. The summed E-state index contributed by atoms with van der Waals surface area (Å²) in [5, 5.41) is 11.3. The number of amides is 1. The van der Waals surface area contributed by atoms with E-state index in [1.54, 1.807) is 29.2 Å². The van der Waals surface area contributed by atoms with Gasteiger partial charge in [0.05, 0.1) is 24.8 Å². The number of hydrogen-bond donors (Lipinski definition) is 1. The van der Waals surface area contributed by atoms with E-state index in [0.29, 0.717) is 37.6 Å². The zero-order chi connectivity index (χ0) is 26.8. The zero-order valence-electron chi connectivity index (χ0n) is 22.5. The minimum Gasteiger partial charge on any atom is -0.507 e. The van der Waals surface area contributed by atoms with E-state index in [-0.39, 0.29) is 11.3 Å². The summed E-state index contributed by atoms with van der Waals surface area (Å²) in [4.78, 5) is 30.3. The van der Waals surface area contributed by atoms with Gasteiger partial charge in [-0.3, -0.25) is 9.59 Å². The summed E-state index contributed by atoms with van der Waals surface area (Å²) in [5.41, 5.74) is 1.28. The molecule has 7 nitrogen and oxygen atoms in total. The summed E-state index contributed by atoms with van der Waals surface area (Å²) in [6, 6.07) is 13.7. The number of nitrogens with zero attached hydrogens (tertiary/aromatic N) is 2. The number of ether oxygens (including phenoxy) is 2. The lowest BCUT2D eigenvalue weighted by molar-refractivity contribution is -0.140. The molecule has 1 amide bonds. The van der Waals surface area contributed by atoms with E-state index >= 15 is 0 Å². The predicted octanol–water partition coefficient (Wildman–Crippen LogP) is 5.42. The Hall–Kier alpha value is -3.32. The fourth-order valence-electron chi connectivity index (χ4n) is 4.59. The van der Waals surface area contributed by atoms with Crippen LogP contribution in [0.25, 0.3) is 5.76 Å². The van der Waals surface area contributed by atoms with Crippen molar-refractivity contribution < 1.29 is 24.2 Å². The molecule has 0 aliphatic carbocycles. The summed E-state index contributed by atoms with van der Waals surface area (Å²) < 4.78 is 11.4. The van der Waals surface area contributed by atoms with Crippen molar-refractivity contribution in [3.05, 3.63) is 65.2 Å². The number of benzene rings is 2. The first kappa shape index (κ1) is 28.3.